The van der Waals surface area contributed by atoms with E-state index < -0.39 is 0 Å². The Hall–Kier alpha value is -4.70. The Bertz CT molecular complexity index is 2290. The number of rotatable bonds is 6. The van der Waals surface area contributed by atoms with E-state index in [1.165, 1.54) is 16.7 Å². The molecule has 1 N–H and O–H groups in total. The quantitative estimate of drug-likeness (QED) is 0.177. The number of phenols is 1. The first-order chi connectivity index (χ1) is 24.2. The van der Waals surface area contributed by atoms with Gasteiger partial charge in [0.15, 0.2) is 5.58 Å². The van der Waals surface area contributed by atoms with Gasteiger partial charge in [0.2, 0.25) is 5.89 Å². The molecule has 1 heterocycles. The number of fused-ring (bicyclic) bond motifs is 2. The standard InChI is InChI=1S/C48H56N2O2/c1-28(2)31-20-32(29(3)4)22-33(21-31)39-24-36(47(8,9)10)26-41-43(39)50-45(52-41)38-19-18-30-16-14-15-17-37(30)42(38)49-27-34-23-35(46(5,6)7)25-40(44(34)51)48(11,12)13/h14-29,51H,1-13H3. The summed E-state index contributed by atoms with van der Waals surface area (Å²) in [4.78, 5) is 10.4. The van der Waals surface area contributed by atoms with Crippen LogP contribution in [0.4, 0.5) is 5.69 Å². The summed E-state index contributed by atoms with van der Waals surface area (Å²) in [7, 11) is 0. The Morgan fingerprint density at radius 2 is 1.29 bits per heavy atom. The lowest BCUT2D eigenvalue weighted by Gasteiger charge is -2.27. The summed E-state index contributed by atoms with van der Waals surface area (Å²) in [5.74, 6) is 1.57. The molecule has 0 aliphatic heterocycles. The topological polar surface area (TPSA) is 58.6 Å². The second-order valence-electron chi connectivity index (χ2n) is 18.2. The molecule has 4 heteroatoms. The van der Waals surface area contributed by atoms with Crippen molar-refractivity contribution in [2.75, 3.05) is 0 Å². The summed E-state index contributed by atoms with van der Waals surface area (Å²) in [5, 5.41) is 13.7. The van der Waals surface area contributed by atoms with Crippen molar-refractivity contribution < 1.29 is 9.52 Å². The lowest BCUT2D eigenvalue weighted by molar-refractivity contribution is 0.444. The van der Waals surface area contributed by atoms with Crippen LogP contribution < -0.4 is 0 Å². The number of aromatic hydroxyl groups is 1. The fraction of sp³-hybridized carbons (Fsp3) is 0.375. The minimum Gasteiger partial charge on any atom is -0.507 e. The molecule has 5 aromatic carbocycles. The average Bonchev–Trinajstić information content (AvgIpc) is 3.49. The van der Waals surface area contributed by atoms with E-state index in [1.54, 1.807) is 0 Å². The highest BCUT2D eigenvalue weighted by Crippen LogP contribution is 2.43. The Morgan fingerprint density at radius 1 is 0.673 bits per heavy atom. The normalized spacial score (nSPS) is 13.1. The first-order valence-electron chi connectivity index (χ1n) is 18.8. The van der Waals surface area contributed by atoms with Crippen molar-refractivity contribution in [2.45, 2.75) is 118 Å². The minimum atomic E-state index is -0.245. The number of hydrogen-bond acceptors (Lipinski definition) is 4. The number of aromatic nitrogens is 1. The van der Waals surface area contributed by atoms with Crippen LogP contribution in [-0.4, -0.2) is 16.3 Å². The summed E-state index contributed by atoms with van der Waals surface area (Å²) >= 11 is 0. The molecule has 4 nitrogen and oxygen atoms in total. The molecule has 0 amide bonds. The predicted octanol–water partition coefficient (Wildman–Crippen LogP) is 13.9. The number of hydrogen-bond donors (Lipinski definition) is 1. The van der Waals surface area contributed by atoms with Gasteiger partial charge in [-0.3, -0.25) is 4.99 Å². The fourth-order valence-corrected chi connectivity index (χ4v) is 6.76. The van der Waals surface area contributed by atoms with Crippen LogP contribution in [0.2, 0.25) is 0 Å². The van der Waals surface area contributed by atoms with Crippen LogP contribution in [0.25, 0.3) is 44.5 Å². The second kappa shape index (κ2) is 13.4. The van der Waals surface area contributed by atoms with Gasteiger partial charge < -0.3 is 9.52 Å². The van der Waals surface area contributed by atoms with E-state index in [0.717, 1.165) is 55.4 Å². The van der Waals surface area contributed by atoms with Crippen LogP contribution in [0.1, 0.15) is 135 Å². The highest BCUT2D eigenvalue weighted by molar-refractivity contribution is 6.03. The Morgan fingerprint density at radius 3 is 1.88 bits per heavy atom. The SMILES string of the molecule is CC(C)c1cc(-c2cc(C(C)(C)C)cc3oc(-c4ccc5ccccc5c4N=Cc4cc(C(C)(C)C)cc(C(C)(C)C)c4O)nc23)cc(C(C)C)c1. The highest BCUT2D eigenvalue weighted by atomic mass is 16.3. The molecule has 0 fully saturated rings. The smallest absolute Gasteiger partial charge is 0.229 e. The van der Waals surface area contributed by atoms with Crippen molar-refractivity contribution in [3.8, 4) is 28.3 Å². The van der Waals surface area contributed by atoms with E-state index in [0.29, 0.717) is 23.3 Å². The maximum Gasteiger partial charge on any atom is 0.229 e. The zero-order valence-corrected chi connectivity index (χ0v) is 33.5. The molecule has 0 unspecified atom stereocenters. The monoisotopic (exact) mass is 692 g/mol. The molecule has 0 aliphatic rings. The van der Waals surface area contributed by atoms with Crippen LogP contribution >= 0.6 is 0 Å². The number of aliphatic imine (C=N–C) groups is 1. The van der Waals surface area contributed by atoms with E-state index in [1.807, 2.05) is 18.3 Å². The lowest BCUT2D eigenvalue weighted by atomic mass is 9.79. The van der Waals surface area contributed by atoms with E-state index in [9.17, 15) is 5.11 Å². The van der Waals surface area contributed by atoms with Gasteiger partial charge >= 0.3 is 0 Å². The van der Waals surface area contributed by atoms with E-state index >= 15 is 0 Å². The van der Waals surface area contributed by atoms with Gasteiger partial charge in [0.25, 0.3) is 0 Å². The second-order valence-corrected chi connectivity index (χ2v) is 18.2. The first-order valence-corrected chi connectivity index (χ1v) is 18.8. The van der Waals surface area contributed by atoms with Gasteiger partial charge in [-0.15, -0.1) is 0 Å². The summed E-state index contributed by atoms with van der Waals surface area (Å²) in [6, 6.07) is 28.1. The molecular formula is C48H56N2O2. The molecule has 0 aliphatic carbocycles. The van der Waals surface area contributed by atoms with Crippen LogP contribution in [0, 0.1) is 0 Å². The molecule has 0 atom stereocenters. The van der Waals surface area contributed by atoms with Crippen molar-refractivity contribution >= 4 is 33.8 Å². The molecule has 0 saturated carbocycles. The van der Waals surface area contributed by atoms with Gasteiger partial charge in [-0.1, -0.05) is 145 Å². The highest BCUT2D eigenvalue weighted by Gasteiger charge is 2.26. The Balaban J connectivity index is 1.60. The number of nitrogens with zero attached hydrogens (tertiary/aromatic N) is 2. The maximum absolute atomic E-state index is 11.6. The van der Waals surface area contributed by atoms with Crippen molar-refractivity contribution in [3.63, 3.8) is 0 Å². The molecule has 0 bridgehead atoms. The van der Waals surface area contributed by atoms with Crippen LogP contribution in [0.5, 0.6) is 5.75 Å². The molecule has 6 rings (SSSR count). The van der Waals surface area contributed by atoms with E-state index in [2.05, 4.69) is 157 Å². The minimum absolute atomic E-state index is 0.0969. The third-order valence-electron chi connectivity index (χ3n) is 10.3. The zero-order chi connectivity index (χ0) is 37.9. The van der Waals surface area contributed by atoms with Gasteiger partial charge in [0, 0.05) is 28.3 Å². The molecule has 1 aromatic heterocycles. The van der Waals surface area contributed by atoms with Gasteiger partial charge in [-0.25, -0.2) is 4.98 Å². The van der Waals surface area contributed by atoms with Crippen molar-refractivity contribution in [1.82, 2.24) is 4.98 Å². The van der Waals surface area contributed by atoms with E-state index in [-0.39, 0.29) is 22.0 Å². The van der Waals surface area contributed by atoms with Gasteiger partial charge in [-0.2, -0.15) is 0 Å². The number of phenolic OH excluding ortho intramolecular Hbond substituents is 1. The summed E-state index contributed by atoms with van der Waals surface area (Å²) < 4.78 is 6.77. The maximum atomic E-state index is 11.6. The van der Waals surface area contributed by atoms with Crippen LogP contribution in [0.15, 0.2) is 88.3 Å². The Kier molecular flexibility index (Phi) is 9.53. The van der Waals surface area contributed by atoms with Gasteiger partial charge in [0.1, 0.15) is 11.3 Å². The molecular weight excluding hydrogens is 637 g/mol. The van der Waals surface area contributed by atoms with Crippen LogP contribution in [0.3, 0.4) is 0 Å². The van der Waals surface area contributed by atoms with Crippen molar-refractivity contribution in [2.24, 2.45) is 4.99 Å². The largest absolute Gasteiger partial charge is 0.507 e. The molecule has 270 valence electrons. The fourth-order valence-electron chi connectivity index (χ4n) is 6.76. The molecule has 0 radical (unpaired) electrons. The zero-order valence-electron chi connectivity index (χ0n) is 33.5. The first kappa shape index (κ1) is 37.1. The number of oxazole rings is 1. The molecule has 0 spiro atoms. The lowest BCUT2D eigenvalue weighted by Crippen LogP contribution is -2.17. The summed E-state index contributed by atoms with van der Waals surface area (Å²) in [6.07, 6.45) is 1.81. The predicted molar refractivity (Wildman–Crippen MR) is 222 cm³/mol. The van der Waals surface area contributed by atoms with Gasteiger partial charge in [-0.05, 0) is 85.5 Å². The van der Waals surface area contributed by atoms with E-state index in [4.69, 9.17) is 14.4 Å². The molecule has 0 saturated heterocycles. The third-order valence-corrected chi connectivity index (χ3v) is 10.3. The third kappa shape index (κ3) is 7.31. The van der Waals surface area contributed by atoms with Gasteiger partial charge in [0.05, 0.1) is 11.3 Å². The number of benzene rings is 5. The average molecular weight is 693 g/mol. The van der Waals surface area contributed by atoms with Crippen molar-refractivity contribution in [1.29, 1.82) is 0 Å². The molecule has 52 heavy (non-hydrogen) atoms. The van der Waals surface area contributed by atoms with Crippen molar-refractivity contribution in [3.05, 3.63) is 112 Å². The summed E-state index contributed by atoms with van der Waals surface area (Å²) in [6.45, 7) is 28.7. The Labute approximate surface area is 311 Å². The molecule has 6 aromatic rings. The van der Waals surface area contributed by atoms with Crippen LogP contribution in [-0.2, 0) is 16.2 Å². The summed E-state index contributed by atoms with van der Waals surface area (Å²) in [5.41, 5.74) is 11.5.